The molecule has 7 heteroatoms. The minimum absolute atomic E-state index is 0.181. The molecule has 0 atom stereocenters. The lowest BCUT2D eigenvalue weighted by Gasteiger charge is -2.09. The van der Waals surface area contributed by atoms with Gasteiger partial charge in [-0.1, -0.05) is 37.0 Å². The lowest BCUT2D eigenvalue weighted by molar-refractivity contribution is 0.0944. The van der Waals surface area contributed by atoms with Crippen LogP contribution in [-0.4, -0.2) is 23.3 Å². The Morgan fingerprint density at radius 3 is 2.58 bits per heavy atom. The topological polar surface area (TPSA) is 71.1 Å². The number of nitrogens with one attached hydrogen (secondary N) is 2. The zero-order valence-electron chi connectivity index (χ0n) is 13.3. The number of halogens is 2. The van der Waals surface area contributed by atoms with Crippen LogP contribution in [0, 0.1) is 5.92 Å². The van der Waals surface area contributed by atoms with E-state index in [1.54, 1.807) is 18.2 Å². The van der Waals surface area contributed by atoms with Crippen LogP contribution in [0.4, 0.5) is 5.69 Å². The highest BCUT2D eigenvalue weighted by atomic mass is 35.5. The van der Waals surface area contributed by atoms with Gasteiger partial charge in [0.1, 0.15) is 5.69 Å². The van der Waals surface area contributed by atoms with Gasteiger partial charge in [0.05, 0.1) is 10.7 Å². The van der Waals surface area contributed by atoms with Gasteiger partial charge in [0.2, 0.25) is 0 Å². The Balaban J connectivity index is 2.14. The highest BCUT2D eigenvalue weighted by Gasteiger charge is 2.13. The molecular formula is C17H17Cl2N3O2. The van der Waals surface area contributed by atoms with E-state index in [2.05, 4.69) is 15.6 Å². The Bertz CT molecular complexity index is 763. The van der Waals surface area contributed by atoms with E-state index >= 15 is 0 Å². The summed E-state index contributed by atoms with van der Waals surface area (Å²) in [6.45, 7) is 4.52. The fourth-order valence-corrected chi connectivity index (χ4v) is 2.21. The SMILES string of the molecule is CC(C)CNC(=O)c1cc(C(=O)Nc2cc(Cl)ccc2Cl)ccn1. The van der Waals surface area contributed by atoms with E-state index < -0.39 is 5.91 Å². The molecule has 126 valence electrons. The number of rotatable bonds is 5. The predicted octanol–water partition coefficient (Wildman–Crippen LogP) is 4.03. The molecule has 2 aromatic rings. The Kier molecular flexibility index (Phi) is 6.17. The first kappa shape index (κ1) is 18.2. The van der Waals surface area contributed by atoms with Crippen LogP contribution in [0.5, 0.6) is 0 Å². The van der Waals surface area contributed by atoms with Gasteiger partial charge in [0.15, 0.2) is 0 Å². The van der Waals surface area contributed by atoms with Gasteiger partial charge >= 0.3 is 0 Å². The van der Waals surface area contributed by atoms with Gasteiger partial charge in [-0.25, -0.2) is 0 Å². The van der Waals surface area contributed by atoms with E-state index in [1.165, 1.54) is 18.3 Å². The number of anilines is 1. The van der Waals surface area contributed by atoms with Crippen LogP contribution in [0.2, 0.25) is 10.0 Å². The molecule has 0 radical (unpaired) electrons. The number of pyridine rings is 1. The third kappa shape index (κ3) is 4.94. The molecule has 0 aliphatic heterocycles. The van der Waals surface area contributed by atoms with Gasteiger partial charge in [0.25, 0.3) is 11.8 Å². The van der Waals surface area contributed by atoms with Crippen molar-refractivity contribution in [2.45, 2.75) is 13.8 Å². The minimum Gasteiger partial charge on any atom is -0.350 e. The maximum absolute atomic E-state index is 12.3. The monoisotopic (exact) mass is 365 g/mol. The van der Waals surface area contributed by atoms with E-state index in [4.69, 9.17) is 23.2 Å². The summed E-state index contributed by atoms with van der Waals surface area (Å²) < 4.78 is 0. The van der Waals surface area contributed by atoms with Crippen molar-refractivity contribution in [2.75, 3.05) is 11.9 Å². The molecule has 1 heterocycles. The van der Waals surface area contributed by atoms with Crippen molar-refractivity contribution in [1.29, 1.82) is 0 Å². The van der Waals surface area contributed by atoms with Crippen LogP contribution in [0.15, 0.2) is 36.5 Å². The molecule has 1 aromatic carbocycles. The average Bonchev–Trinajstić information content (AvgIpc) is 2.56. The van der Waals surface area contributed by atoms with Crippen molar-refractivity contribution < 1.29 is 9.59 Å². The molecule has 5 nitrogen and oxygen atoms in total. The molecular weight excluding hydrogens is 349 g/mol. The Hall–Kier alpha value is -2.11. The molecule has 0 saturated carbocycles. The molecule has 24 heavy (non-hydrogen) atoms. The first-order valence-electron chi connectivity index (χ1n) is 7.37. The van der Waals surface area contributed by atoms with Crippen LogP contribution >= 0.6 is 23.2 Å². The quantitative estimate of drug-likeness (QED) is 0.840. The molecule has 0 aliphatic carbocycles. The van der Waals surface area contributed by atoms with Crippen LogP contribution in [0.3, 0.4) is 0 Å². The van der Waals surface area contributed by atoms with E-state index in [0.717, 1.165) is 0 Å². The molecule has 2 amide bonds. The second-order valence-electron chi connectivity index (χ2n) is 5.61. The standard InChI is InChI=1S/C17H17Cl2N3O2/c1-10(2)9-21-17(24)15-7-11(5-6-20-15)16(23)22-14-8-12(18)3-4-13(14)19/h3-8,10H,9H2,1-2H3,(H,21,24)(H,22,23). The Labute approximate surface area is 150 Å². The van der Waals surface area contributed by atoms with Crippen LogP contribution in [-0.2, 0) is 0 Å². The van der Waals surface area contributed by atoms with Crippen molar-refractivity contribution in [1.82, 2.24) is 10.3 Å². The molecule has 2 rings (SSSR count). The number of carbonyl (C=O) groups excluding carboxylic acids is 2. The summed E-state index contributed by atoms with van der Waals surface area (Å²) in [5.74, 6) is -0.399. The van der Waals surface area contributed by atoms with Crippen molar-refractivity contribution in [3.8, 4) is 0 Å². The van der Waals surface area contributed by atoms with Gasteiger partial charge in [-0.2, -0.15) is 0 Å². The Morgan fingerprint density at radius 2 is 1.88 bits per heavy atom. The van der Waals surface area contributed by atoms with Gasteiger partial charge in [-0.15, -0.1) is 0 Å². The van der Waals surface area contributed by atoms with Gasteiger partial charge in [0, 0.05) is 23.3 Å². The summed E-state index contributed by atoms with van der Waals surface area (Å²) in [6.07, 6.45) is 1.42. The average molecular weight is 366 g/mol. The van der Waals surface area contributed by atoms with E-state index in [1.807, 2.05) is 13.8 Å². The fourth-order valence-electron chi connectivity index (χ4n) is 1.87. The van der Waals surface area contributed by atoms with E-state index in [0.29, 0.717) is 33.8 Å². The zero-order valence-corrected chi connectivity index (χ0v) is 14.8. The van der Waals surface area contributed by atoms with Crippen molar-refractivity contribution in [3.63, 3.8) is 0 Å². The predicted molar refractivity (Wildman–Crippen MR) is 95.8 cm³/mol. The lowest BCUT2D eigenvalue weighted by Crippen LogP contribution is -2.28. The summed E-state index contributed by atoms with van der Waals surface area (Å²) >= 11 is 11.9. The number of hydrogen-bond acceptors (Lipinski definition) is 3. The maximum atomic E-state index is 12.3. The zero-order chi connectivity index (χ0) is 17.7. The highest BCUT2D eigenvalue weighted by Crippen LogP contribution is 2.25. The number of carbonyl (C=O) groups is 2. The highest BCUT2D eigenvalue weighted by molar-refractivity contribution is 6.35. The summed E-state index contributed by atoms with van der Waals surface area (Å²) in [4.78, 5) is 28.4. The molecule has 0 spiro atoms. The van der Waals surface area contributed by atoms with Crippen LogP contribution in [0.1, 0.15) is 34.7 Å². The van der Waals surface area contributed by atoms with Crippen molar-refractivity contribution >= 4 is 40.7 Å². The number of hydrogen-bond donors (Lipinski definition) is 2. The first-order valence-corrected chi connectivity index (χ1v) is 8.13. The number of amides is 2. The number of aromatic nitrogens is 1. The summed E-state index contributed by atoms with van der Waals surface area (Å²) in [6, 6.07) is 7.73. The second kappa shape index (κ2) is 8.13. The second-order valence-corrected chi connectivity index (χ2v) is 6.46. The van der Waals surface area contributed by atoms with Crippen LogP contribution < -0.4 is 10.6 Å². The molecule has 0 aliphatic rings. The van der Waals surface area contributed by atoms with Gasteiger partial charge in [-0.05, 0) is 36.2 Å². The third-order valence-corrected chi connectivity index (χ3v) is 3.67. The molecule has 2 N–H and O–H groups in total. The molecule has 0 bridgehead atoms. The maximum Gasteiger partial charge on any atom is 0.269 e. The van der Waals surface area contributed by atoms with Gasteiger partial charge in [-0.3, -0.25) is 14.6 Å². The third-order valence-electron chi connectivity index (χ3n) is 3.10. The van der Waals surface area contributed by atoms with Crippen molar-refractivity contribution in [2.24, 2.45) is 5.92 Å². The fraction of sp³-hybridized carbons (Fsp3) is 0.235. The minimum atomic E-state index is -0.403. The summed E-state index contributed by atoms with van der Waals surface area (Å²) in [5.41, 5.74) is 0.882. The summed E-state index contributed by atoms with van der Waals surface area (Å²) in [5, 5.41) is 6.26. The molecule has 1 aromatic heterocycles. The van der Waals surface area contributed by atoms with E-state index in [9.17, 15) is 9.59 Å². The largest absolute Gasteiger partial charge is 0.350 e. The first-order chi connectivity index (χ1) is 11.4. The molecule has 0 saturated heterocycles. The summed E-state index contributed by atoms with van der Waals surface area (Å²) in [7, 11) is 0. The van der Waals surface area contributed by atoms with E-state index in [-0.39, 0.29) is 11.6 Å². The van der Waals surface area contributed by atoms with Gasteiger partial charge < -0.3 is 10.6 Å². The smallest absolute Gasteiger partial charge is 0.269 e. The normalized spacial score (nSPS) is 10.5. The number of benzene rings is 1. The van der Waals surface area contributed by atoms with Crippen LogP contribution in [0.25, 0.3) is 0 Å². The molecule has 0 unspecified atom stereocenters. The molecule has 0 fully saturated rings. The van der Waals surface area contributed by atoms with Crippen molar-refractivity contribution in [3.05, 3.63) is 57.8 Å². The Morgan fingerprint density at radius 1 is 1.12 bits per heavy atom. The lowest BCUT2D eigenvalue weighted by atomic mass is 10.2. The number of nitrogens with zero attached hydrogens (tertiary/aromatic N) is 1.